The molecule has 0 unspecified atom stereocenters. The van der Waals surface area contributed by atoms with Crippen LogP contribution in [0.5, 0.6) is 0 Å². The Morgan fingerprint density at radius 1 is 1.38 bits per heavy atom. The zero-order valence-electron chi connectivity index (χ0n) is 8.81. The maximum Gasteiger partial charge on any atom is 0.137 e. The summed E-state index contributed by atoms with van der Waals surface area (Å²) in [6.07, 6.45) is 0. The van der Waals surface area contributed by atoms with Gasteiger partial charge in [0, 0.05) is 10.9 Å². The standard InChI is InChI=1S/C12H12FNS2/c1-8(14)9-4-5-11(10(13)7-9)16-12-3-2-6-15-12/h2-8H,14H2,1H3/t8-/m1/s1. The maximum atomic E-state index is 13.7. The summed E-state index contributed by atoms with van der Waals surface area (Å²) in [4.78, 5) is 0.645. The lowest BCUT2D eigenvalue weighted by Crippen LogP contribution is -2.05. The Balaban J connectivity index is 2.23. The fraction of sp³-hybridized carbons (Fsp3) is 0.167. The molecule has 0 saturated carbocycles. The predicted molar refractivity (Wildman–Crippen MR) is 67.4 cm³/mol. The van der Waals surface area contributed by atoms with Gasteiger partial charge in [-0.05, 0) is 36.1 Å². The van der Waals surface area contributed by atoms with Gasteiger partial charge in [0.15, 0.2) is 0 Å². The number of thiophene rings is 1. The maximum absolute atomic E-state index is 13.7. The summed E-state index contributed by atoms with van der Waals surface area (Å²) in [7, 11) is 0. The molecule has 1 aromatic carbocycles. The lowest BCUT2D eigenvalue weighted by atomic mass is 10.1. The highest BCUT2D eigenvalue weighted by atomic mass is 32.2. The van der Waals surface area contributed by atoms with E-state index in [9.17, 15) is 4.39 Å². The molecule has 16 heavy (non-hydrogen) atoms. The molecule has 0 aliphatic heterocycles. The Hall–Kier alpha value is -0.840. The SMILES string of the molecule is C[C@@H](N)c1ccc(Sc2cccs2)c(F)c1. The van der Waals surface area contributed by atoms with Crippen molar-refractivity contribution >= 4 is 23.1 Å². The Labute approximate surface area is 102 Å². The highest BCUT2D eigenvalue weighted by molar-refractivity contribution is 8.01. The normalized spacial score (nSPS) is 12.7. The van der Waals surface area contributed by atoms with E-state index in [4.69, 9.17) is 5.73 Å². The van der Waals surface area contributed by atoms with Crippen molar-refractivity contribution in [2.75, 3.05) is 0 Å². The minimum absolute atomic E-state index is 0.129. The van der Waals surface area contributed by atoms with Crippen molar-refractivity contribution in [3.8, 4) is 0 Å². The first-order valence-electron chi connectivity index (χ1n) is 4.93. The first kappa shape index (κ1) is 11.6. The van der Waals surface area contributed by atoms with Gasteiger partial charge in [-0.3, -0.25) is 0 Å². The van der Waals surface area contributed by atoms with Crippen LogP contribution in [-0.2, 0) is 0 Å². The van der Waals surface area contributed by atoms with Crippen molar-refractivity contribution in [2.24, 2.45) is 5.73 Å². The van der Waals surface area contributed by atoms with Crippen LogP contribution in [0.1, 0.15) is 18.5 Å². The summed E-state index contributed by atoms with van der Waals surface area (Å²) in [6, 6.07) is 8.99. The molecule has 0 aliphatic rings. The zero-order valence-corrected chi connectivity index (χ0v) is 10.4. The quantitative estimate of drug-likeness (QED) is 0.892. The van der Waals surface area contributed by atoms with Crippen LogP contribution < -0.4 is 5.73 Å². The molecule has 1 aromatic heterocycles. The summed E-state index contributed by atoms with van der Waals surface area (Å²) < 4.78 is 14.8. The van der Waals surface area contributed by atoms with Crippen LogP contribution in [0.3, 0.4) is 0 Å². The number of hydrogen-bond donors (Lipinski definition) is 1. The predicted octanol–water partition coefficient (Wildman–Crippen LogP) is 4.06. The number of halogens is 1. The molecule has 1 heterocycles. The second-order valence-corrected chi connectivity index (χ2v) is 5.80. The van der Waals surface area contributed by atoms with Gasteiger partial charge in [0.25, 0.3) is 0 Å². The number of benzene rings is 1. The third-order valence-corrected chi connectivity index (χ3v) is 4.28. The van der Waals surface area contributed by atoms with E-state index in [1.165, 1.54) is 17.8 Å². The molecular weight excluding hydrogens is 241 g/mol. The van der Waals surface area contributed by atoms with Crippen molar-refractivity contribution in [2.45, 2.75) is 22.1 Å². The zero-order chi connectivity index (χ0) is 11.5. The van der Waals surface area contributed by atoms with Crippen molar-refractivity contribution in [1.29, 1.82) is 0 Å². The lowest BCUT2D eigenvalue weighted by Gasteiger charge is -2.07. The molecule has 1 atom stereocenters. The molecule has 0 amide bonds. The van der Waals surface area contributed by atoms with Gasteiger partial charge in [-0.1, -0.05) is 23.9 Å². The molecule has 0 saturated heterocycles. The van der Waals surface area contributed by atoms with Gasteiger partial charge in [0.1, 0.15) is 5.82 Å². The van der Waals surface area contributed by atoms with Gasteiger partial charge in [0.05, 0.1) is 4.21 Å². The molecule has 84 valence electrons. The summed E-state index contributed by atoms with van der Waals surface area (Å²) in [6.45, 7) is 1.85. The fourth-order valence-electron chi connectivity index (χ4n) is 1.31. The van der Waals surface area contributed by atoms with Crippen molar-refractivity contribution < 1.29 is 4.39 Å². The van der Waals surface area contributed by atoms with Gasteiger partial charge in [-0.15, -0.1) is 11.3 Å². The molecule has 0 radical (unpaired) electrons. The first-order chi connectivity index (χ1) is 7.66. The van der Waals surface area contributed by atoms with E-state index in [1.807, 2.05) is 30.5 Å². The molecule has 2 N–H and O–H groups in total. The second kappa shape index (κ2) is 4.99. The molecule has 4 heteroatoms. The molecule has 1 nitrogen and oxygen atoms in total. The molecule has 0 fully saturated rings. The molecular formula is C12H12FNS2. The van der Waals surface area contributed by atoms with Crippen LogP contribution in [0, 0.1) is 5.82 Å². The largest absolute Gasteiger partial charge is 0.324 e. The van der Waals surface area contributed by atoms with Crippen molar-refractivity contribution in [1.82, 2.24) is 0 Å². The monoisotopic (exact) mass is 253 g/mol. The lowest BCUT2D eigenvalue weighted by molar-refractivity contribution is 0.596. The topological polar surface area (TPSA) is 26.0 Å². The van der Waals surface area contributed by atoms with Crippen LogP contribution in [0.4, 0.5) is 4.39 Å². The number of nitrogens with two attached hydrogens (primary N) is 1. The first-order valence-corrected chi connectivity index (χ1v) is 6.63. The van der Waals surface area contributed by atoms with Crippen LogP contribution in [0.25, 0.3) is 0 Å². The third kappa shape index (κ3) is 2.64. The average Bonchev–Trinajstić information content (AvgIpc) is 2.73. The van der Waals surface area contributed by atoms with E-state index in [-0.39, 0.29) is 11.9 Å². The fourth-order valence-corrected chi connectivity index (χ4v) is 3.05. The Morgan fingerprint density at radius 2 is 2.19 bits per heavy atom. The summed E-state index contributed by atoms with van der Waals surface area (Å²) in [5, 5.41) is 1.98. The summed E-state index contributed by atoms with van der Waals surface area (Å²) >= 11 is 3.05. The molecule has 0 spiro atoms. The van der Waals surface area contributed by atoms with Crippen molar-refractivity contribution in [3.63, 3.8) is 0 Å². The van der Waals surface area contributed by atoms with Gasteiger partial charge in [0.2, 0.25) is 0 Å². The number of hydrogen-bond acceptors (Lipinski definition) is 3. The van der Waals surface area contributed by atoms with Gasteiger partial charge >= 0.3 is 0 Å². The molecule has 2 aromatic rings. The summed E-state index contributed by atoms with van der Waals surface area (Å²) in [5.41, 5.74) is 6.52. The average molecular weight is 253 g/mol. The minimum atomic E-state index is -0.201. The Bertz CT molecular complexity index is 466. The third-order valence-electron chi connectivity index (χ3n) is 2.19. The van der Waals surface area contributed by atoms with Crippen LogP contribution in [0.15, 0.2) is 44.8 Å². The van der Waals surface area contributed by atoms with E-state index >= 15 is 0 Å². The van der Waals surface area contributed by atoms with Crippen LogP contribution in [-0.4, -0.2) is 0 Å². The van der Waals surface area contributed by atoms with E-state index in [0.29, 0.717) is 4.90 Å². The minimum Gasteiger partial charge on any atom is -0.324 e. The second-order valence-electron chi connectivity index (χ2n) is 3.51. The van der Waals surface area contributed by atoms with Crippen LogP contribution in [0.2, 0.25) is 0 Å². The summed E-state index contributed by atoms with van der Waals surface area (Å²) in [5.74, 6) is -0.201. The highest BCUT2D eigenvalue weighted by Crippen LogP contribution is 2.33. The molecule has 0 aliphatic carbocycles. The molecule has 2 rings (SSSR count). The number of rotatable bonds is 3. The van der Waals surface area contributed by atoms with E-state index in [2.05, 4.69) is 0 Å². The van der Waals surface area contributed by atoms with E-state index < -0.39 is 0 Å². The van der Waals surface area contributed by atoms with E-state index in [1.54, 1.807) is 17.4 Å². The Kier molecular flexibility index (Phi) is 3.63. The van der Waals surface area contributed by atoms with Gasteiger partial charge < -0.3 is 5.73 Å². The van der Waals surface area contributed by atoms with Crippen molar-refractivity contribution in [3.05, 3.63) is 47.1 Å². The molecule has 0 bridgehead atoms. The van der Waals surface area contributed by atoms with E-state index in [0.717, 1.165) is 9.77 Å². The smallest absolute Gasteiger partial charge is 0.137 e. The Morgan fingerprint density at radius 3 is 2.75 bits per heavy atom. The van der Waals surface area contributed by atoms with Crippen LogP contribution >= 0.6 is 23.1 Å². The van der Waals surface area contributed by atoms with Gasteiger partial charge in [-0.2, -0.15) is 0 Å². The highest BCUT2D eigenvalue weighted by Gasteiger charge is 2.08. The van der Waals surface area contributed by atoms with Gasteiger partial charge in [-0.25, -0.2) is 4.39 Å².